The zero-order valence-electron chi connectivity index (χ0n) is 10.5. The third-order valence-corrected chi connectivity index (χ3v) is 3.21. The highest BCUT2D eigenvalue weighted by atomic mass is 16.2. The van der Waals surface area contributed by atoms with Gasteiger partial charge in [-0.3, -0.25) is 9.59 Å². The Balaban J connectivity index is 2.49. The number of pyridine rings is 1. The highest BCUT2D eigenvalue weighted by molar-refractivity contribution is 6.15. The number of primary amides is 2. The molecule has 1 heterocycles. The van der Waals surface area contributed by atoms with Crippen LogP contribution in [0.1, 0.15) is 20.7 Å². The second-order valence-electron chi connectivity index (χ2n) is 4.46. The monoisotopic (exact) mass is 265 g/mol. The lowest BCUT2D eigenvalue weighted by Crippen LogP contribution is -2.21. The van der Waals surface area contributed by atoms with Gasteiger partial charge in [0, 0.05) is 10.8 Å². The van der Waals surface area contributed by atoms with Gasteiger partial charge in [-0.05, 0) is 24.3 Å². The van der Waals surface area contributed by atoms with E-state index in [4.69, 9.17) is 11.5 Å². The van der Waals surface area contributed by atoms with Gasteiger partial charge in [-0.15, -0.1) is 0 Å². The van der Waals surface area contributed by atoms with Gasteiger partial charge in [0.15, 0.2) is 0 Å². The fourth-order valence-corrected chi connectivity index (χ4v) is 2.32. The maximum atomic E-state index is 11.7. The van der Waals surface area contributed by atoms with Gasteiger partial charge in [-0.25, -0.2) is 4.98 Å². The number of amides is 2. The predicted octanol–water partition coefficient (Wildman–Crippen LogP) is 1.59. The number of rotatable bonds is 2. The fraction of sp³-hybridized carbons (Fsp3) is 0. The van der Waals surface area contributed by atoms with Crippen molar-refractivity contribution in [3.63, 3.8) is 0 Å². The van der Waals surface area contributed by atoms with Crippen LogP contribution in [0, 0.1) is 0 Å². The van der Waals surface area contributed by atoms with Crippen LogP contribution in [0.15, 0.2) is 42.5 Å². The Morgan fingerprint density at radius 2 is 1.65 bits per heavy atom. The minimum Gasteiger partial charge on any atom is -0.366 e. The average molecular weight is 265 g/mol. The van der Waals surface area contributed by atoms with E-state index in [-0.39, 0.29) is 11.1 Å². The number of aromatic nitrogens is 1. The van der Waals surface area contributed by atoms with E-state index in [0.717, 1.165) is 10.9 Å². The van der Waals surface area contributed by atoms with Crippen LogP contribution < -0.4 is 11.5 Å². The molecular weight excluding hydrogens is 254 g/mol. The molecule has 5 heteroatoms. The van der Waals surface area contributed by atoms with Gasteiger partial charge in [-0.2, -0.15) is 0 Å². The molecule has 0 fully saturated rings. The Hall–Kier alpha value is -2.95. The van der Waals surface area contributed by atoms with Crippen molar-refractivity contribution >= 4 is 33.6 Å². The Labute approximate surface area is 114 Å². The molecule has 98 valence electrons. The molecule has 3 aromatic rings. The molecule has 0 aliphatic rings. The molecule has 2 amide bonds. The molecule has 0 aliphatic heterocycles. The van der Waals surface area contributed by atoms with E-state index in [1.165, 1.54) is 6.07 Å². The van der Waals surface area contributed by atoms with E-state index < -0.39 is 11.8 Å². The summed E-state index contributed by atoms with van der Waals surface area (Å²) >= 11 is 0. The maximum absolute atomic E-state index is 11.7. The molecule has 0 radical (unpaired) electrons. The SMILES string of the molecule is NC(=O)c1ccc2nc3ccccc3cc2c1C(N)=O. The molecule has 20 heavy (non-hydrogen) atoms. The number of nitrogens with zero attached hydrogens (tertiary/aromatic N) is 1. The summed E-state index contributed by atoms with van der Waals surface area (Å²) in [6, 6.07) is 12.4. The largest absolute Gasteiger partial charge is 0.366 e. The van der Waals surface area contributed by atoms with Crippen molar-refractivity contribution in [2.24, 2.45) is 11.5 Å². The summed E-state index contributed by atoms with van der Waals surface area (Å²) in [5.74, 6) is -1.38. The Kier molecular flexibility index (Phi) is 2.61. The summed E-state index contributed by atoms with van der Waals surface area (Å²) in [7, 11) is 0. The van der Waals surface area contributed by atoms with Gasteiger partial charge in [-0.1, -0.05) is 18.2 Å². The zero-order valence-corrected chi connectivity index (χ0v) is 10.5. The van der Waals surface area contributed by atoms with Gasteiger partial charge in [0.05, 0.1) is 22.2 Å². The van der Waals surface area contributed by atoms with Crippen molar-refractivity contribution in [1.82, 2.24) is 4.98 Å². The number of fused-ring (bicyclic) bond motifs is 2. The normalized spacial score (nSPS) is 10.8. The van der Waals surface area contributed by atoms with E-state index in [2.05, 4.69) is 4.98 Å². The first kappa shape index (κ1) is 12.1. The average Bonchev–Trinajstić information content (AvgIpc) is 2.43. The number of hydrogen-bond acceptors (Lipinski definition) is 3. The summed E-state index contributed by atoms with van der Waals surface area (Å²) in [6.45, 7) is 0. The molecule has 5 nitrogen and oxygen atoms in total. The standard InChI is InChI=1S/C15H11N3O2/c16-14(19)9-5-6-12-10(13(9)15(17)20)7-8-3-1-2-4-11(8)18-12/h1-7H,(H2,16,19)(H2,17,20). The highest BCUT2D eigenvalue weighted by Crippen LogP contribution is 2.25. The predicted molar refractivity (Wildman–Crippen MR) is 76.3 cm³/mol. The van der Waals surface area contributed by atoms with Crippen LogP contribution in [0.2, 0.25) is 0 Å². The molecule has 1 aromatic heterocycles. The van der Waals surface area contributed by atoms with Crippen molar-refractivity contribution in [3.05, 3.63) is 53.6 Å². The molecule has 0 spiro atoms. The summed E-state index contributed by atoms with van der Waals surface area (Å²) in [6.07, 6.45) is 0. The highest BCUT2D eigenvalue weighted by Gasteiger charge is 2.17. The van der Waals surface area contributed by atoms with E-state index >= 15 is 0 Å². The molecule has 0 saturated carbocycles. The maximum Gasteiger partial charge on any atom is 0.250 e. The van der Waals surface area contributed by atoms with Gasteiger partial charge >= 0.3 is 0 Å². The van der Waals surface area contributed by atoms with Crippen molar-refractivity contribution in [2.75, 3.05) is 0 Å². The van der Waals surface area contributed by atoms with Gasteiger partial charge in [0.1, 0.15) is 0 Å². The number of para-hydroxylation sites is 1. The fourth-order valence-electron chi connectivity index (χ4n) is 2.32. The Bertz CT molecular complexity index is 872. The van der Waals surface area contributed by atoms with Gasteiger partial charge < -0.3 is 11.5 Å². The first-order valence-electron chi connectivity index (χ1n) is 6.00. The lowest BCUT2D eigenvalue weighted by atomic mass is 9.99. The molecule has 2 aromatic carbocycles. The van der Waals surface area contributed by atoms with Crippen LogP contribution in [-0.2, 0) is 0 Å². The van der Waals surface area contributed by atoms with Crippen molar-refractivity contribution in [1.29, 1.82) is 0 Å². The minimum atomic E-state index is -0.693. The summed E-state index contributed by atoms with van der Waals surface area (Å²) in [4.78, 5) is 27.6. The van der Waals surface area contributed by atoms with Crippen molar-refractivity contribution < 1.29 is 9.59 Å². The first-order valence-corrected chi connectivity index (χ1v) is 6.00. The quantitative estimate of drug-likeness (QED) is 0.688. The minimum absolute atomic E-state index is 0.113. The van der Waals surface area contributed by atoms with Crippen LogP contribution in [0.5, 0.6) is 0 Å². The van der Waals surface area contributed by atoms with E-state index in [9.17, 15) is 9.59 Å². The number of hydrogen-bond donors (Lipinski definition) is 2. The molecule has 0 saturated heterocycles. The van der Waals surface area contributed by atoms with Crippen LogP contribution >= 0.6 is 0 Å². The summed E-state index contributed by atoms with van der Waals surface area (Å²) in [5, 5.41) is 1.40. The van der Waals surface area contributed by atoms with Crippen LogP contribution in [0.3, 0.4) is 0 Å². The second-order valence-corrected chi connectivity index (χ2v) is 4.46. The van der Waals surface area contributed by atoms with Crippen molar-refractivity contribution in [2.45, 2.75) is 0 Å². The molecule has 0 aliphatic carbocycles. The first-order chi connectivity index (χ1) is 9.58. The van der Waals surface area contributed by atoms with Crippen molar-refractivity contribution in [3.8, 4) is 0 Å². The van der Waals surface area contributed by atoms with Gasteiger partial charge in [0.2, 0.25) is 11.8 Å². The molecule has 0 bridgehead atoms. The number of carbonyl (C=O) groups excluding carboxylic acids is 2. The molecule has 0 atom stereocenters. The molecule has 4 N–H and O–H groups in total. The third kappa shape index (κ3) is 1.76. The topological polar surface area (TPSA) is 99.1 Å². The van der Waals surface area contributed by atoms with E-state index in [1.54, 1.807) is 12.1 Å². The second kappa shape index (κ2) is 4.31. The van der Waals surface area contributed by atoms with E-state index in [1.807, 2.05) is 24.3 Å². The number of carbonyl (C=O) groups is 2. The molecule has 3 rings (SSSR count). The molecule has 0 unspecified atom stereocenters. The Morgan fingerprint density at radius 1 is 0.900 bits per heavy atom. The summed E-state index contributed by atoms with van der Waals surface area (Å²) < 4.78 is 0. The zero-order chi connectivity index (χ0) is 14.3. The number of nitrogens with two attached hydrogens (primary N) is 2. The number of benzene rings is 2. The molecular formula is C15H11N3O2. The summed E-state index contributed by atoms with van der Waals surface area (Å²) in [5.41, 5.74) is 12.3. The van der Waals surface area contributed by atoms with Gasteiger partial charge in [0.25, 0.3) is 0 Å². The lowest BCUT2D eigenvalue weighted by Gasteiger charge is -2.08. The van der Waals surface area contributed by atoms with Crippen LogP contribution in [0.25, 0.3) is 21.8 Å². The Morgan fingerprint density at radius 3 is 2.35 bits per heavy atom. The third-order valence-electron chi connectivity index (χ3n) is 3.21. The lowest BCUT2D eigenvalue weighted by molar-refractivity contribution is 0.0968. The van der Waals surface area contributed by atoms with Crippen LogP contribution in [0.4, 0.5) is 0 Å². The smallest absolute Gasteiger partial charge is 0.250 e. The van der Waals surface area contributed by atoms with E-state index in [0.29, 0.717) is 10.9 Å². The van der Waals surface area contributed by atoms with Crippen LogP contribution in [-0.4, -0.2) is 16.8 Å².